The van der Waals surface area contributed by atoms with E-state index in [9.17, 15) is 4.79 Å². The highest BCUT2D eigenvalue weighted by molar-refractivity contribution is 7.21. The summed E-state index contributed by atoms with van der Waals surface area (Å²) in [6.45, 7) is 9.53. The Hall–Kier alpha value is -2.52. The smallest absolute Gasteiger partial charge is 0.248 e. The Morgan fingerprint density at radius 2 is 2.29 bits per heavy atom. The molecular weight excluding hydrogens is 412 g/mol. The molecule has 8 nitrogen and oxygen atoms in total. The number of aliphatic imine (C=N–C) groups is 1. The lowest BCUT2D eigenvalue weighted by atomic mass is 10.0. The number of pyridine rings is 1. The van der Waals surface area contributed by atoms with Crippen molar-refractivity contribution in [3.8, 4) is 0 Å². The summed E-state index contributed by atoms with van der Waals surface area (Å²) in [6, 6.07) is 3.96. The van der Waals surface area contributed by atoms with Crippen molar-refractivity contribution in [2.75, 3.05) is 25.0 Å². The van der Waals surface area contributed by atoms with Crippen LogP contribution in [0, 0.1) is 5.92 Å². The summed E-state index contributed by atoms with van der Waals surface area (Å²) in [5.74, 6) is 2.23. The number of rotatable bonds is 5. The summed E-state index contributed by atoms with van der Waals surface area (Å²) in [4.78, 5) is 29.1. The lowest BCUT2D eigenvalue weighted by molar-refractivity contribution is -0.139. The largest absolute Gasteiger partial charge is 0.366 e. The Morgan fingerprint density at radius 1 is 1.45 bits per heavy atom. The van der Waals surface area contributed by atoms with E-state index in [-0.39, 0.29) is 24.2 Å². The summed E-state index contributed by atoms with van der Waals surface area (Å²) in [6.07, 6.45) is 5.66. The molecule has 2 aromatic heterocycles. The van der Waals surface area contributed by atoms with E-state index in [4.69, 9.17) is 9.73 Å². The van der Waals surface area contributed by atoms with Gasteiger partial charge in [-0.25, -0.2) is 9.97 Å². The number of amides is 1. The van der Waals surface area contributed by atoms with E-state index in [1.165, 1.54) is 11.3 Å². The molecule has 2 unspecified atom stereocenters. The lowest BCUT2D eigenvalue weighted by Crippen LogP contribution is -2.36. The topological polar surface area (TPSA) is 91.7 Å². The molecule has 166 valence electrons. The first-order chi connectivity index (χ1) is 14.7. The van der Waals surface area contributed by atoms with Crippen LogP contribution in [0.25, 0.3) is 10.3 Å². The Balaban J connectivity index is 1.35. The summed E-state index contributed by atoms with van der Waals surface area (Å²) in [5.41, 5.74) is 0.575. The average Bonchev–Trinajstić information content (AvgIpc) is 3.31. The van der Waals surface area contributed by atoms with Gasteiger partial charge in [0.2, 0.25) is 5.91 Å². The summed E-state index contributed by atoms with van der Waals surface area (Å²) >= 11 is 1.53. The second-order valence-corrected chi connectivity index (χ2v) is 10.1. The number of nitrogens with zero attached hydrogens (tertiary/aromatic N) is 4. The number of hydrogen-bond acceptors (Lipinski definition) is 7. The summed E-state index contributed by atoms with van der Waals surface area (Å²) < 4.78 is 5.63. The monoisotopic (exact) mass is 442 g/mol. The molecule has 31 heavy (non-hydrogen) atoms. The zero-order chi connectivity index (χ0) is 22.0. The van der Waals surface area contributed by atoms with Crippen molar-refractivity contribution in [2.24, 2.45) is 10.9 Å². The van der Waals surface area contributed by atoms with Crippen LogP contribution in [0.1, 0.15) is 40.5 Å². The van der Waals surface area contributed by atoms with Gasteiger partial charge in [-0.3, -0.25) is 9.79 Å². The predicted octanol–water partition coefficient (Wildman–Crippen LogP) is 3.39. The third-order valence-electron chi connectivity index (χ3n) is 5.14. The molecule has 1 saturated heterocycles. The average molecular weight is 443 g/mol. The molecule has 0 radical (unpaired) electrons. The van der Waals surface area contributed by atoms with Gasteiger partial charge in [0.1, 0.15) is 28.6 Å². The maximum Gasteiger partial charge on any atom is 0.248 e. The number of aromatic nitrogens is 2. The fourth-order valence-corrected chi connectivity index (χ4v) is 4.48. The number of fused-ring (bicyclic) bond motifs is 1. The van der Waals surface area contributed by atoms with Gasteiger partial charge in [-0.15, -0.1) is 0 Å². The van der Waals surface area contributed by atoms with Crippen LogP contribution >= 0.6 is 11.3 Å². The van der Waals surface area contributed by atoms with Crippen molar-refractivity contribution in [1.29, 1.82) is 0 Å². The first-order valence-corrected chi connectivity index (χ1v) is 11.5. The Labute approximate surface area is 186 Å². The maximum atomic E-state index is 12.4. The first-order valence-electron chi connectivity index (χ1n) is 10.7. The number of nitrogens with one attached hydrogen (secondary N) is 2. The van der Waals surface area contributed by atoms with Gasteiger partial charge in [-0.2, -0.15) is 0 Å². The van der Waals surface area contributed by atoms with Gasteiger partial charge in [0, 0.05) is 25.7 Å². The summed E-state index contributed by atoms with van der Waals surface area (Å²) in [7, 11) is 0. The number of anilines is 1. The van der Waals surface area contributed by atoms with E-state index in [2.05, 4.69) is 33.6 Å². The molecule has 0 spiro atoms. The zero-order valence-electron chi connectivity index (χ0n) is 18.5. The van der Waals surface area contributed by atoms with Gasteiger partial charge in [0.25, 0.3) is 0 Å². The van der Waals surface area contributed by atoms with Crippen LogP contribution in [0.3, 0.4) is 0 Å². The minimum Gasteiger partial charge on any atom is -0.366 e. The number of hydrogen-bond donors (Lipinski definition) is 2. The normalized spacial score (nSPS) is 23.2. The van der Waals surface area contributed by atoms with Gasteiger partial charge in [0.15, 0.2) is 5.13 Å². The Bertz CT molecular complexity index is 976. The lowest BCUT2D eigenvalue weighted by Gasteiger charge is -2.24. The fraction of sp³-hybridized carbons (Fsp3) is 0.545. The molecular formula is C22H30N6O2S. The van der Waals surface area contributed by atoms with Crippen molar-refractivity contribution in [3.05, 3.63) is 30.2 Å². The second-order valence-electron chi connectivity index (χ2n) is 9.12. The van der Waals surface area contributed by atoms with Gasteiger partial charge >= 0.3 is 0 Å². The molecule has 9 heteroatoms. The number of ether oxygens (including phenoxy) is 1. The minimum absolute atomic E-state index is 0.0364. The molecule has 2 N–H and O–H groups in total. The minimum atomic E-state index is -0.313. The molecule has 4 rings (SSSR count). The molecule has 0 bridgehead atoms. The Morgan fingerprint density at radius 3 is 3.06 bits per heavy atom. The SMILES string of the molecule is CC1C=C(Nc2nc3cccnc3s2)NC(=NC2CCN(C(=O)COC(C)(C)C)C2)C1. The van der Waals surface area contributed by atoms with E-state index in [0.29, 0.717) is 12.5 Å². The van der Waals surface area contributed by atoms with E-state index in [1.807, 2.05) is 37.8 Å². The van der Waals surface area contributed by atoms with Crippen LogP contribution in [-0.4, -0.2) is 57.9 Å². The second kappa shape index (κ2) is 8.92. The number of thiazole rings is 1. The highest BCUT2D eigenvalue weighted by Crippen LogP contribution is 2.26. The Kier molecular flexibility index (Phi) is 6.24. The standard InChI is InChI=1S/C22H30N6O2S/c1-14-10-17(24-15-7-9-28(12-15)19(29)13-30-22(2,3)4)26-18(11-14)27-21-25-16-6-5-8-23-20(16)31-21/h5-6,8,11,14-15H,7,9-10,12-13H2,1-4H3,(H,24,26)(H,25,27). The number of carbonyl (C=O) groups is 1. The van der Waals surface area contributed by atoms with Crippen LogP contribution < -0.4 is 10.6 Å². The molecule has 2 atom stereocenters. The van der Waals surface area contributed by atoms with Crippen LogP contribution in [-0.2, 0) is 9.53 Å². The maximum absolute atomic E-state index is 12.4. The predicted molar refractivity (Wildman–Crippen MR) is 124 cm³/mol. The molecule has 0 aliphatic carbocycles. The van der Waals surface area contributed by atoms with Crippen LogP contribution in [0.4, 0.5) is 5.13 Å². The van der Waals surface area contributed by atoms with Gasteiger partial charge in [0.05, 0.1) is 11.6 Å². The molecule has 1 amide bonds. The fourth-order valence-electron chi connectivity index (χ4n) is 3.66. The molecule has 4 heterocycles. The van der Waals surface area contributed by atoms with Crippen LogP contribution in [0.5, 0.6) is 0 Å². The molecule has 0 saturated carbocycles. The van der Waals surface area contributed by atoms with Crippen molar-refractivity contribution in [1.82, 2.24) is 20.2 Å². The van der Waals surface area contributed by atoms with Crippen molar-refractivity contribution >= 4 is 38.6 Å². The third-order valence-corrected chi connectivity index (χ3v) is 6.03. The third kappa shape index (κ3) is 5.80. The van der Waals surface area contributed by atoms with Crippen molar-refractivity contribution < 1.29 is 9.53 Å². The molecule has 2 aliphatic rings. The van der Waals surface area contributed by atoms with Crippen LogP contribution in [0.15, 0.2) is 35.2 Å². The first kappa shape index (κ1) is 21.7. The molecule has 2 aromatic rings. The van der Waals surface area contributed by atoms with Crippen molar-refractivity contribution in [2.45, 2.75) is 52.2 Å². The molecule has 2 aliphatic heterocycles. The van der Waals surface area contributed by atoms with Crippen LogP contribution in [0.2, 0.25) is 0 Å². The quantitative estimate of drug-likeness (QED) is 0.738. The number of carbonyl (C=O) groups excluding carboxylic acids is 1. The van der Waals surface area contributed by atoms with Gasteiger partial charge in [-0.05, 0) is 51.3 Å². The highest BCUT2D eigenvalue weighted by atomic mass is 32.1. The van der Waals surface area contributed by atoms with E-state index in [1.54, 1.807) is 6.20 Å². The van der Waals surface area contributed by atoms with Gasteiger partial charge in [-0.1, -0.05) is 18.3 Å². The van der Waals surface area contributed by atoms with E-state index < -0.39 is 0 Å². The van der Waals surface area contributed by atoms with E-state index >= 15 is 0 Å². The van der Waals surface area contributed by atoms with Gasteiger partial charge < -0.3 is 20.3 Å². The number of allylic oxidation sites excluding steroid dienone is 1. The highest BCUT2D eigenvalue weighted by Gasteiger charge is 2.28. The van der Waals surface area contributed by atoms with Crippen molar-refractivity contribution in [3.63, 3.8) is 0 Å². The molecule has 1 fully saturated rings. The number of likely N-dealkylation sites (tertiary alicyclic amines) is 1. The van der Waals surface area contributed by atoms with E-state index in [0.717, 1.165) is 46.5 Å². The molecule has 0 aromatic carbocycles. The summed E-state index contributed by atoms with van der Waals surface area (Å²) in [5, 5.41) is 7.58. The number of amidine groups is 1. The zero-order valence-corrected chi connectivity index (χ0v) is 19.3.